The van der Waals surface area contributed by atoms with Crippen LogP contribution in [0.4, 0.5) is 4.39 Å². The van der Waals surface area contributed by atoms with Crippen molar-refractivity contribution in [1.82, 2.24) is 4.98 Å². The van der Waals surface area contributed by atoms with Crippen LogP contribution in [0.2, 0.25) is 0 Å². The first-order chi connectivity index (χ1) is 11.1. The largest absolute Gasteiger partial charge is 0.366 e. The van der Waals surface area contributed by atoms with Gasteiger partial charge >= 0.3 is 0 Å². The van der Waals surface area contributed by atoms with Crippen molar-refractivity contribution in [2.75, 3.05) is 0 Å². The monoisotopic (exact) mass is 324 g/mol. The Hall–Kier alpha value is -2.66. The number of aromatic nitrogens is 1. The highest BCUT2D eigenvalue weighted by Crippen LogP contribution is 2.35. The van der Waals surface area contributed by atoms with E-state index < -0.39 is 5.91 Å². The average Bonchev–Trinajstić information content (AvgIpc) is 2.57. The molecule has 5 heteroatoms. The second-order valence-electron chi connectivity index (χ2n) is 4.87. The molecule has 3 nitrogen and oxygen atoms in total. The molecule has 0 unspecified atom stereocenters. The normalized spacial score (nSPS) is 10.5. The van der Waals surface area contributed by atoms with Gasteiger partial charge in [0, 0.05) is 27.7 Å². The van der Waals surface area contributed by atoms with Crippen molar-refractivity contribution in [3.8, 4) is 11.1 Å². The fraction of sp³-hybridized carbons (Fsp3) is 0. The Labute approximate surface area is 137 Å². The minimum atomic E-state index is -0.452. The van der Waals surface area contributed by atoms with E-state index in [9.17, 15) is 9.18 Å². The maximum atomic E-state index is 13.0. The van der Waals surface area contributed by atoms with Gasteiger partial charge < -0.3 is 5.73 Å². The quantitative estimate of drug-likeness (QED) is 0.785. The molecule has 0 aliphatic heterocycles. The zero-order valence-corrected chi connectivity index (χ0v) is 12.9. The van der Waals surface area contributed by atoms with Gasteiger partial charge in [-0.1, -0.05) is 23.9 Å². The molecule has 0 atom stereocenters. The number of nitrogens with two attached hydrogens (primary N) is 1. The Morgan fingerprint density at radius 3 is 2.35 bits per heavy atom. The number of hydrogen-bond donors (Lipinski definition) is 1. The van der Waals surface area contributed by atoms with Gasteiger partial charge in [0.15, 0.2) is 0 Å². The summed E-state index contributed by atoms with van der Waals surface area (Å²) in [7, 11) is 0. The Bertz CT molecular complexity index is 832. The number of amides is 1. The van der Waals surface area contributed by atoms with Gasteiger partial charge in [0.25, 0.3) is 0 Å². The first-order valence-electron chi connectivity index (χ1n) is 6.91. The summed E-state index contributed by atoms with van der Waals surface area (Å²) < 4.78 is 13.0. The van der Waals surface area contributed by atoms with E-state index in [0.29, 0.717) is 5.56 Å². The lowest BCUT2D eigenvalue weighted by atomic mass is 10.1. The van der Waals surface area contributed by atoms with Gasteiger partial charge in [-0.3, -0.25) is 9.78 Å². The van der Waals surface area contributed by atoms with Crippen LogP contribution >= 0.6 is 11.8 Å². The third kappa shape index (κ3) is 3.57. The molecule has 0 bridgehead atoms. The van der Waals surface area contributed by atoms with Crippen LogP contribution in [0, 0.1) is 5.82 Å². The number of benzene rings is 2. The fourth-order valence-corrected chi connectivity index (χ4v) is 3.08. The maximum Gasteiger partial charge on any atom is 0.248 e. The highest BCUT2D eigenvalue weighted by molar-refractivity contribution is 7.99. The second kappa shape index (κ2) is 6.62. The number of carbonyl (C=O) groups is 1. The minimum Gasteiger partial charge on any atom is -0.366 e. The molecule has 0 aliphatic carbocycles. The van der Waals surface area contributed by atoms with Crippen molar-refractivity contribution in [3.05, 3.63) is 78.4 Å². The van der Waals surface area contributed by atoms with Crippen molar-refractivity contribution >= 4 is 17.7 Å². The lowest BCUT2D eigenvalue weighted by Gasteiger charge is -2.09. The lowest BCUT2D eigenvalue weighted by Crippen LogP contribution is -2.10. The molecule has 1 aromatic heterocycles. The molecular weight excluding hydrogens is 311 g/mol. The standard InChI is InChI=1S/C18H13FN2OS/c19-14-5-7-15(8-6-14)23-17-11-21-10-9-16(17)12-1-3-13(4-2-12)18(20)22/h1-11H,(H2,20,22). The van der Waals surface area contributed by atoms with Gasteiger partial charge in [-0.15, -0.1) is 0 Å². The summed E-state index contributed by atoms with van der Waals surface area (Å²) in [5.41, 5.74) is 7.68. The Morgan fingerprint density at radius 1 is 1.00 bits per heavy atom. The zero-order valence-electron chi connectivity index (χ0n) is 12.1. The highest BCUT2D eigenvalue weighted by atomic mass is 32.2. The van der Waals surface area contributed by atoms with E-state index >= 15 is 0 Å². The van der Waals surface area contributed by atoms with E-state index in [1.54, 1.807) is 36.7 Å². The average molecular weight is 324 g/mol. The van der Waals surface area contributed by atoms with E-state index in [1.807, 2.05) is 18.2 Å². The number of rotatable bonds is 4. The first-order valence-corrected chi connectivity index (χ1v) is 7.73. The molecule has 1 amide bonds. The molecule has 0 saturated heterocycles. The van der Waals surface area contributed by atoms with Gasteiger partial charge in [0.1, 0.15) is 5.82 Å². The molecule has 3 rings (SSSR count). The molecule has 2 N–H and O–H groups in total. The summed E-state index contributed by atoms with van der Waals surface area (Å²) in [6.45, 7) is 0. The number of primary amides is 1. The summed E-state index contributed by atoms with van der Waals surface area (Å²) >= 11 is 1.51. The van der Waals surface area contributed by atoms with Crippen LogP contribution in [0.15, 0.2) is 76.8 Å². The molecule has 3 aromatic rings. The highest BCUT2D eigenvalue weighted by Gasteiger charge is 2.08. The maximum absolute atomic E-state index is 13.0. The number of hydrogen-bond acceptors (Lipinski definition) is 3. The number of pyridine rings is 1. The smallest absolute Gasteiger partial charge is 0.248 e. The minimum absolute atomic E-state index is 0.261. The Balaban J connectivity index is 1.94. The molecule has 23 heavy (non-hydrogen) atoms. The predicted octanol–water partition coefficient (Wildman–Crippen LogP) is 4.14. The topological polar surface area (TPSA) is 56.0 Å². The van der Waals surface area contributed by atoms with Gasteiger partial charge in [0.05, 0.1) is 0 Å². The van der Waals surface area contributed by atoms with E-state index in [2.05, 4.69) is 4.98 Å². The van der Waals surface area contributed by atoms with Crippen molar-refractivity contribution in [2.24, 2.45) is 5.73 Å². The van der Waals surface area contributed by atoms with Crippen LogP contribution < -0.4 is 5.73 Å². The van der Waals surface area contributed by atoms with Crippen molar-refractivity contribution in [3.63, 3.8) is 0 Å². The summed E-state index contributed by atoms with van der Waals surface area (Å²) in [6.07, 6.45) is 3.48. The number of carbonyl (C=O) groups excluding carboxylic acids is 1. The molecular formula is C18H13FN2OS. The third-order valence-electron chi connectivity index (χ3n) is 3.31. The van der Waals surface area contributed by atoms with E-state index in [0.717, 1.165) is 20.9 Å². The first kappa shape index (κ1) is 15.2. The molecule has 0 saturated carbocycles. The molecule has 2 aromatic carbocycles. The van der Waals surface area contributed by atoms with Crippen LogP contribution in [0.3, 0.4) is 0 Å². The molecule has 0 fully saturated rings. The van der Waals surface area contributed by atoms with Gasteiger partial charge in [-0.2, -0.15) is 0 Å². The van der Waals surface area contributed by atoms with Crippen molar-refractivity contribution < 1.29 is 9.18 Å². The predicted molar refractivity (Wildman–Crippen MR) is 88.7 cm³/mol. The van der Waals surface area contributed by atoms with E-state index in [-0.39, 0.29) is 5.82 Å². The van der Waals surface area contributed by atoms with Gasteiger partial charge in [0.2, 0.25) is 5.91 Å². The van der Waals surface area contributed by atoms with Crippen LogP contribution in [-0.4, -0.2) is 10.9 Å². The SMILES string of the molecule is NC(=O)c1ccc(-c2ccncc2Sc2ccc(F)cc2)cc1. The summed E-state index contributed by atoms with van der Waals surface area (Å²) in [5, 5.41) is 0. The summed E-state index contributed by atoms with van der Waals surface area (Å²) in [4.78, 5) is 17.2. The Morgan fingerprint density at radius 2 is 1.70 bits per heavy atom. The Kier molecular flexibility index (Phi) is 4.39. The van der Waals surface area contributed by atoms with Crippen LogP contribution in [0.25, 0.3) is 11.1 Å². The van der Waals surface area contributed by atoms with E-state index in [1.165, 1.54) is 23.9 Å². The molecule has 0 radical (unpaired) electrons. The van der Waals surface area contributed by atoms with Crippen LogP contribution in [-0.2, 0) is 0 Å². The number of nitrogens with zero attached hydrogens (tertiary/aromatic N) is 1. The summed E-state index contributed by atoms with van der Waals surface area (Å²) in [5.74, 6) is -0.713. The fourth-order valence-electron chi connectivity index (χ4n) is 2.14. The van der Waals surface area contributed by atoms with Crippen molar-refractivity contribution in [2.45, 2.75) is 9.79 Å². The molecule has 0 spiro atoms. The lowest BCUT2D eigenvalue weighted by molar-refractivity contribution is 0.100. The number of halogens is 1. The van der Waals surface area contributed by atoms with Gasteiger partial charge in [-0.25, -0.2) is 4.39 Å². The van der Waals surface area contributed by atoms with Crippen LogP contribution in [0.5, 0.6) is 0 Å². The summed E-state index contributed by atoms with van der Waals surface area (Å²) in [6, 6.07) is 15.3. The van der Waals surface area contributed by atoms with E-state index in [4.69, 9.17) is 5.73 Å². The molecule has 114 valence electrons. The zero-order chi connectivity index (χ0) is 16.2. The third-order valence-corrected chi connectivity index (χ3v) is 4.36. The second-order valence-corrected chi connectivity index (χ2v) is 5.98. The molecule has 0 aliphatic rings. The van der Waals surface area contributed by atoms with Crippen molar-refractivity contribution in [1.29, 1.82) is 0 Å². The van der Waals surface area contributed by atoms with Gasteiger partial charge in [-0.05, 0) is 53.6 Å². The molecule has 1 heterocycles. The van der Waals surface area contributed by atoms with Crippen LogP contribution in [0.1, 0.15) is 10.4 Å².